The average Bonchev–Trinajstić information content (AvgIpc) is 2.13. The van der Waals surface area contributed by atoms with E-state index in [-0.39, 0.29) is 18.9 Å². The largest absolute Gasteiger partial charge is 0.463 e. The monoisotopic (exact) mass is 187 g/mol. The molecule has 0 N–H and O–H groups in total. The van der Waals surface area contributed by atoms with Crippen molar-refractivity contribution in [1.82, 2.24) is 0 Å². The van der Waals surface area contributed by atoms with Gasteiger partial charge in [-0.05, 0) is 13.3 Å². The Kier molecular flexibility index (Phi) is 5.67. The molecule has 0 aromatic heterocycles. The van der Waals surface area contributed by atoms with E-state index in [0.717, 1.165) is 6.42 Å². The maximum absolute atomic E-state index is 10.9. The van der Waals surface area contributed by atoms with E-state index in [1.807, 2.05) is 6.92 Å². The van der Waals surface area contributed by atoms with Gasteiger partial charge in [-0.25, -0.2) is 0 Å². The number of nitrogens with zero attached hydrogens (tertiary/aromatic N) is 1. The van der Waals surface area contributed by atoms with Crippen molar-refractivity contribution >= 4 is 11.9 Å². The molecule has 1 amide bonds. The number of ether oxygens (including phenoxy) is 1. The van der Waals surface area contributed by atoms with Crippen molar-refractivity contribution in [2.24, 2.45) is 5.18 Å². The van der Waals surface area contributed by atoms with E-state index in [1.54, 1.807) is 6.92 Å². The molecule has 0 radical (unpaired) electrons. The number of nitroso groups, excluding NO2 is 1. The average molecular weight is 187 g/mol. The first kappa shape index (κ1) is 11.7. The van der Waals surface area contributed by atoms with Crippen LogP contribution in [0.5, 0.6) is 0 Å². The van der Waals surface area contributed by atoms with E-state index < -0.39 is 11.9 Å². The second kappa shape index (κ2) is 6.28. The summed E-state index contributed by atoms with van der Waals surface area (Å²) < 4.78 is 4.86. The Morgan fingerprint density at radius 1 is 1.38 bits per heavy atom. The van der Waals surface area contributed by atoms with Gasteiger partial charge in [0.05, 0.1) is 12.5 Å². The normalized spacial score (nSPS) is 11.8. The number of hydrogen-bond donors (Lipinski definition) is 0. The molecular weight excluding hydrogens is 174 g/mol. The van der Waals surface area contributed by atoms with Crippen LogP contribution in [0.25, 0.3) is 0 Å². The van der Waals surface area contributed by atoms with E-state index >= 15 is 0 Å². The number of carbonyl (C=O) groups is 2. The van der Waals surface area contributed by atoms with Crippen molar-refractivity contribution in [2.45, 2.75) is 39.2 Å². The summed E-state index contributed by atoms with van der Waals surface area (Å²) in [4.78, 5) is 30.9. The maximum atomic E-state index is 10.9. The standard InChI is InChI=1S/C8H13NO4/c1-3-6(2)13-8(11)5-4-7(10)9-12/h6H,3-5H2,1-2H3/t6-/m1/s1. The van der Waals surface area contributed by atoms with Crippen LogP contribution in [-0.2, 0) is 14.3 Å². The number of rotatable bonds is 5. The fourth-order valence-corrected chi connectivity index (χ4v) is 0.621. The van der Waals surface area contributed by atoms with Crippen molar-refractivity contribution in [3.05, 3.63) is 4.91 Å². The van der Waals surface area contributed by atoms with Crippen LogP contribution in [0.2, 0.25) is 0 Å². The lowest BCUT2D eigenvalue weighted by Gasteiger charge is -2.09. The van der Waals surface area contributed by atoms with Gasteiger partial charge in [0.25, 0.3) is 5.91 Å². The zero-order chi connectivity index (χ0) is 10.3. The molecule has 0 rings (SSSR count). The first-order valence-corrected chi connectivity index (χ1v) is 4.15. The highest BCUT2D eigenvalue weighted by molar-refractivity contribution is 5.81. The van der Waals surface area contributed by atoms with E-state index in [4.69, 9.17) is 4.74 Å². The molecule has 0 aliphatic rings. The summed E-state index contributed by atoms with van der Waals surface area (Å²) in [5, 5.41) is 2.16. The smallest absolute Gasteiger partial charge is 0.306 e. The van der Waals surface area contributed by atoms with E-state index in [9.17, 15) is 14.5 Å². The van der Waals surface area contributed by atoms with Crippen molar-refractivity contribution in [3.63, 3.8) is 0 Å². The van der Waals surface area contributed by atoms with Gasteiger partial charge in [-0.1, -0.05) is 6.92 Å². The van der Waals surface area contributed by atoms with Crippen LogP contribution in [-0.4, -0.2) is 18.0 Å². The van der Waals surface area contributed by atoms with Gasteiger partial charge >= 0.3 is 5.97 Å². The van der Waals surface area contributed by atoms with Gasteiger partial charge in [-0.3, -0.25) is 9.59 Å². The highest BCUT2D eigenvalue weighted by Gasteiger charge is 2.10. The van der Waals surface area contributed by atoms with Crippen LogP contribution in [0.15, 0.2) is 5.18 Å². The van der Waals surface area contributed by atoms with Crippen molar-refractivity contribution < 1.29 is 14.3 Å². The van der Waals surface area contributed by atoms with Crippen LogP contribution in [0, 0.1) is 4.91 Å². The second-order valence-corrected chi connectivity index (χ2v) is 2.69. The third kappa shape index (κ3) is 5.95. The number of amides is 1. The summed E-state index contributed by atoms with van der Waals surface area (Å²) in [6.45, 7) is 3.65. The van der Waals surface area contributed by atoms with E-state index in [2.05, 4.69) is 5.18 Å². The minimum Gasteiger partial charge on any atom is -0.463 e. The Morgan fingerprint density at radius 3 is 2.46 bits per heavy atom. The molecule has 74 valence electrons. The summed E-state index contributed by atoms with van der Waals surface area (Å²) in [6.07, 6.45) is 0.339. The molecule has 0 saturated carbocycles. The Morgan fingerprint density at radius 2 is 2.00 bits per heavy atom. The molecule has 1 atom stereocenters. The SMILES string of the molecule is CC[C@@H](C)OC(=O)CCC(=O)N=O. The summed E-state index contributed by atoms with van der Waals surface area (Å²) in [5.74, 6) is -1.28. The highest BCUT2D eigenvalue weighted by Crippen LogP contribution is 2.01. The van der Waals surface area contributed by atoms with Gasteiger partial charge in [0.15, 0.2) is 0 Å². The van der Waals surface area contributed by atoms with Gasteiger partial charge in [0.2, 0.25) is 0 Å². The fraction of sp³-hybridized carbons (Fsp3) is 0.750. The molecule has 0 heterocycles. The molecule has 0 unspecified atom stereocenters. The topological polar surface area (TPSA) is 72.8 Å². The lowest BCUT2D eigenvalue weighted by Crippen LogP contribution is -2.14. The van der Waals surface area contributed by atoms with Crippen LogP contribution in [0.3, 0.4) is 0 Å². The maximum Gasteiger partial charge on any atom is 0.306 e. The minimum absolute atomic E-state index is 0.0745. The Labute approximate surface area is 76.4 Å². The summed E-state index contributed by atoms with van der Waals surface area (Å²) >= 11 is 0. The van der Waals surface area contributed by atoms with E-state index in [0.29, 0.717) is 0 Å². The molecule has 0 saturated heterocycles. The first-order chi connectivity index (χ1) is 6.10. The molecule has 0 aromatic carbocycles. The minimum atomic E-state index is -0.818. The molecule has 0 aliphatic carbocycles. The predicted molar refractivity (Wildman–Crippen MR) is 45.9 cm³/mol. The summed E-state index contributed by atoms with van der Waals surface area (Å²) in [7, 11) is 0. The van der Waals surface area contributed by atoms with Crippen LogP contribution >= 0.6 is 0 Å². The van der Waals surface area contributed by atoms with Gasteiger partial charge in [0.1, 0.15) is 0 Å². The zero-order valence-corrected chi connectivity index (χ0v) is 7.78. The number of carbonyl (C=O) groups excluding carboxylic acids is 2. The van der Waals surface area contributed by atoms with Gasteiger partial charge < -0.3 is 4.74 Å². The fourth-order valence-electron chi connectivity index (χ4n) is 0.621. The summed E-state index contributed by atoms with van der Waals surface area (Å²) in [5.41, 5.74) is 0. The zero-order valence-electron chi connectivity index (χ0n) is 7.78. The van der Waals surface area contributed by atoms with Gasteiger partial charge in [0, 0.05) is 11.6 Å². The molecular formula is C8H13NO4. The predicted octanol–water partition coefficient (Wildman–Crippen LogP) is 1.40. The molecule has 0 aromatic rings. The Hall–Kier alpha value is -1.26. The molecule has 0 bridgehead atoms. The molecule has 5 heteroatoms. The van der Waals surface area contributed by atoms with Gasteiger partial charge in [-0.2, -0.15) is 0 Å². The van der Waals surface area contributed by atoms with Crippen LogP contribution in [0.1, 0.15) is 33.1 Å². The van der Waals surface area contributed by atoms with Crippen molar-refractivity contribution in [1.29, 1.82) is 0 Å². The Balaban J connectivity index is 3.63. The molecule has 0 spiro atoms. The molecule has 5 nitrogen and oxygen atoms in total. The quantitative estimate of drug-likeness (QED) is 0.481. The second-order valence-electron chi connectivity index (χ2n) is 2.69. The third-order valence-corrected chi connectivity index (χ3v) is 1.55. The van der Waals surface area contributed by atoms with Crippen molar-refractivity contribution in [3.8, 4) is 0 Å². The third-order valence-electron chi connectivity index (χ3n) is 1.55. The molecule has 0 fully saturated rings. The van der Waals surface area contributed by atoms with E-state index in [1.165, 1.54) is 0 Å². The first-order valence-electron chi connectivity index (χ1n) is 4.15. The molecule has 13 heavy (non-hydrogen) atoms. The van der Waals surface area contributed by atoms with Crippen molar-refractivity contribution in [2.75, 3.05) is 0 Å². The van der Waals surface area contributed by atoms with Crippen LogP contribution < -0.4 is 0 Å². The molecule has 0 aliphatic heterocycles. The highest BCUT2D eigenvalue weighted by atomic mass is 16.5. The lowest BCUT2D eigenvalue weighted by atomic mass is 10.3. The summed E-state index contributed by atoms with van der Waals surface area (Å²) in [6, 6.07) is 0. The number of esters is 1. The lowest BCUT2D eigenvalue weighted by molar-refractivity contribution is -0.149. The van der Waals surface area contributed by atoms with Gasteiger partial charge in [-0.15, -0.1) is 4.91 Å². The van der Waals surface area contributed by atoms with Crippen LogP contribution in [0.4, 0.5) is 0 Å². The Bertz CT molecular complexity index is 202. The number of hydrogen-bond acceptors (Lipinski definition) is 4.